The van der Waals surface area contributed by atoms with Crippen LogP contribution in [0.25, 0.3) is 0 Å². The zero-order valence-electron chi connectivity index (χ0n) is 7.15. The molecule has 0 aliphatic heterocycles. The quantitative estimate of drug-likeness (QED) is 0.315. The Balaban J connectivity index is 2.74. The predicted molar refractivity (Wildman–Crippen MR) is 45.6 cm³/mol. The topological polar surface area (TPSA) is 41.1 Å². The summed E-state index contributed by atoms with van der Waals surface area (Å²) in [6, 6.07) is 0. The molecule has 0 fully saturated rings. The second-order valence-electron chi connectivity index (χ2n) is 2.57. The number of hydrogen-bond acceptors (Lipinski definition) is 2. The smallest absolute Gasteiger partial charge is 0.283 e. The van der Waals surface area contributed by atoms with Crippen LogP contribution in [0.2, 0.25) is 0 Å². The summed E-state index contributed by atoms with van der Waals surface area (Å²) in [5.41, 5.74) is 5.02. The van der Waals surface area contributed by atoms with Crippen molar-refractivity contribution >= 4 is 6.41 Å². The molecule has 0 unspecified atom stereocenters. The maximum Gasteiger partial charge on any atom is 0.324 e. The van der Waals surface area contributed by atoms with Gasteiger partial charge in [0.1, 0.15) is 0 Å². The van der Waals surface area contributed by atoms with Crippen LogP contribution in [0.3, 0.4) is 0 Å². The number of nitrogens with one attached hydrogen (secondary N) is 2. The highest BCUT2D eigenvalue weighted by atomic mass is 16.1. The van der Waals surface area contributed by atoms with Gasteiger partial charge in [-0.2, -0.15) is 0 Å². The van der Waals surface area contributed by atoms with Crippen LogP contribution in [0.5, 0.6) is 0 Å². The van der Waals surface area contributed by atoms with Crippen LogP contribution in [0.15, 0.2) is 0 Å². The molecule has 3 nitrogen and oxygen atoms in total. The van der Waals surface area contributed by atoms with Gasteiger partial charge < -0.3 is 0 Å². The molecule has 0 saturated carbocycles. The zero-order chi connectivity index (χ0) is 8.36. The minimum Gasteiger partial charge on any atom is -0.283 e. The van der Waals surface area contributed by atoms with Crippen LogP contribution >= 0.6 is 0 Å². The van der Waals surface area contributed by atoms with Gasteiger partial charge >= 0.3 is 6.41 Å². The Hall–Kier alpha value is -0.570. The van der Waals surface area contributed by atoms with E-state index in [0.29, 0.717) is 0 Å². The Morgan fingerprint density at radius 1 is 1.18 bits per heavy atom. The van der Waals surface area contributed by atoms with Crippen molar-refractivity contribution in [2.75, 3.05) is 6.54 Å². The van der Waals surface area contributed by atoms with Gasteiger partial charge in [0.2, 0.25) is 0 Å². The van der Waals surface area contributed by atoms with E-state index in [4.69, 9.17) is 0 Å². The Morgan fingerprint density at radius 3 is 2.55 bits per heavy atom. The number of hydrogen-bond donors (Lipinski definition) is 2. The van der Waals surface area contributed by atoms with E-state index in [9.17, 15) is 4.79 Å². The minimum atomic E-state index is 0.846. The average molecular weight is 157 g/mol. The molecule has 0 aliphatic rings. The maximum absolute atomic E-state index is 9.64. The molecular formula is C8H17N2O. The molecule has 11 heavy (non-hydrogen) atoms. The van der Waals surface area contributed by atoms with Gasteiger partial charge in [0.15, 0.2) is 0 Å². The van der Waals surface area contributed by atoms with E-state index < -0.39 is 0 Å². The molecule has 0 heterocycles. The monoisotopic (exact) mass is 157 g/mol. The molecule has 0 rings (SSSR count). The lowest BCUT2D eigenvalue weighted by molar-refractivity contribution is 0.510. The van der Waals surface area contributed by atoms with Gasteiger partial charge in [-0.1, -0.05) is 32.6 Å². The van der Waals surface area contributed by atoms with Gasteiger partial charge in [-0.25, -0.2) is 5.43 Å². The Labute approximate surface area is 68.5 Å². The van der Waals surface area contributed by atoms with E-state index in [0.717, 1.165) is 13.0 Å². The lowest BCUT2D eigenvalue weighted by Gasteiger charge is -2.00. The summed E-state index contributed by atoms with van der Waals surface area (Å²) in [4.78, 5) is 9.64. The summed E-state index contributed by atoms with van der Waals surface area (Å²) in [5, 5.41) is 0. The van der Waals surface area contributed by atoms with Crippen molar-refractivity contribution in [3.8, 4) is 0 Å². The summed E-state index contributed by atoms with van der Waals surface area (Å²) in [6.45, 7) is 3.04. The van der Waals surface area contributed by atoms with Crippen LogP contribution in [0.4, 0.5) is 0 Å². The summed E-state index contributed by atoms with van der Waals surface area (Å²) in [5.74, 6) is 0. The van der Waals surface area contributed by atoms with E-state index in [2.05, 4.69) is 17.8 Å². The van der Waals surface area contributed by atoms with Crippen molar-refractivity contribution in [2.24, 2.45) is 0 Å². The third-order valence-electron chi connectivity index (χ3n) is 1.54. The lowest BCUT2D eigenvalue weighted by atomic mass is 10.2. The van der Waals surface area contributed by atoms with Gasteiger partial charge in [0, 0.05) is 6.54 Å². The molecule has 0 spiro atoms. The standard InChI is InChI=1S/C8H17N2O/c1-2-3-4-5-6-7-9-10-8-11/h9H,2-7H2,1H3,(H,10,11). The molecule has 3 heteroatoms. The van der Waals surface area contributed by atoms with Crippen molar-refractivity contribution < 1.29 is 4.79 Å². The van der Waals surface area contributed by atoms with Crippen molar-refractivity contribution in [1.82, 2.24) is 10.9 Å². The number of unbranched alkanes of at least 4 members (excludes halogenated alkanes) is 4. The van der Waals surface area contributed by atoms with Gasteiger partial charge in [-0.05, 0) is 6.42 Å². The van der Waals surface area contributed by atoms with Crippen LogP contribution in [-0.4, -0.2) is 13.0 Å². The fourth-order valence-corrected chi connectivity index (χ4v) is 0.916. The van der Waals surface area contributed by atoms with E-state index in [1.807, 2.05) is 0 Å². The third-order valence-corrected chi connectivity index (χ3v) is 1.54. The molecular weight excluding hydrogens is 140 g/mol. The highest BCUT2D eigenvalue weighted by Crippen LogP contribution is 2.00. The molecule has 0 saturated heterocycles. The van der Waals surface area contributed by atoms with E-state index in [1.165, 1.54) is 25.7 Å². The summed E-state index contributed by atoms with van der Waals surface area (Å²) in [6.07, 6.45) is 7.79. The largest absolute Gasteiger partial charge is 0.324 e. The molecule has 0 aromatic rings. The first-order valence-electron chi connectivity index (χ1n) is 4.26. The Kier molecular flexibility index (Phi) is 8.94. The highest BCUT2D eigenvalue weighted by Gasteiger charge is 1.87. The molecule has 0 bridgehead atoms. The molecule has 0 atom stereocenters. The van der Waals surface area contributed by atoms with Crippen LogP contribution < -0.4 is 10.9 Å². The van der Waals surface area contributed by atoms with Crippen LogP contribution in [-0.2, 0) is 4.79 Å². The van der Waals surface area contributed by atoms with Gasteiger partial charge in [0.25, 0.3) is 0 Å². The van der Waals surface area contributed by atoms with E-state index in [1.54, 1.807) is 6.41 Å². The highest BCUT2D eigenvalue weighted by molar-refractivity contribution is 5.45. The van der Waals surface area contributed by atoms with Crippen molar-refractivity contribution in [2.45, 2.75) is 39.0 Å². The molecule has 0 aromatic heterocycles. The normalized spacial score (nSPS) is 9.55. The predicted octanol–water partition coefficient (Wildman–Crippen LogP) is 1.12. The first kappa shape index (κ1) is 10.4. The van der Waals surface area contributed by atoms with Crippen LogP contribution in [0.1, 0.15) is 39.0 Å². The summed E-state index contributed by atoms with van der Waals surface area (Å²) in [7, 11) is 0. The van der Waals surface area contributed by atoms with Gasteiger partial charge in [0.05, 0.1) is 0 Å². The second kappa shape index (κ2) is 9.43. The SMILES string of the molecule is CCCCCCCNN[C]=O. The lowest BCUT2D eigenvalue weighted by Crippen LogP contribution is -2.30. The first-order chi connectivity index (χ1) is 5.41. The molecule has 2 N–H and O–H groups in total. The van der Waals surface area contributed by atoms with E-state index in [-0.39, 0.29) is 0 Å². The number of carbonyl (C=O) groups excluding carboxylic acids is 1. The number of amides is 1. The van der Waals surface area contributed by atoms with Crippen molar-refractivity contribution in [3.63, 3.8) is 0 Å². The van der Waals surface area contributed by atoms with Crippen molar-refractivity contribution in [3.05, 3.63) is 0 Å². The van der Waals surface area contributed by atoms with E-state index >= 15 is 0 Å². The Morgan fingerprint density at radius 2 is 1.91 bits per heavy atom. The van der Waals surface area contributed by atoms with Crippen LogP contribution in [0, 0.1) is 0 Å². The molecule has 1 amide bonds. The number of hydrazine groups is 1. The van der Waals surface area contributed by atoms with Crippen molar-refractivity contribution in [1.29, 1.82) is 0 Å². The fraction of sp³-hybridized carbons (Fsp3) is 0.875. The van der Waals surface area contributed by atoms with Gasteiger partial charge in [-0.3, -0.25) is 10.2 Å². The molecule has 0 aromatic carbocycles. The molecule has 1 radical (unpaired) electrons. The van der Waals surface area contributed by atoms with Gasteiger partial charge in [-0.15, -0.1) is 0 Å². The average Bonchev–Trinajstić information content (AvgIpc) is 2.03. The number of rotatable bonds is 8. The third kappa shape index (κ3) is 9.43. The minimum absolute atomic E-state index is 0.846. The Bertz CT molecular complexity index is 86.2. The molecule has 65 valence electrons. The fourth-order valence-electron chi connectivity index (χ4n) is 0.916. The zero-order valence-corrected chi connectivity index (χ0v) is 7.15. The first-order valence-corrected chi connectivity index (χ1v) is 4.26. The summed E-state index contributed by atoms with van der Waals surface area (Å²) < 4.78 is 0. The summed E-state index contributed by atoms with van der Waals surface area (Å²) >= 11 is 0. The maximum atomic E-state index is 9.64. The molecule has 0 aliphatic carbocycles. The second-order valence-corrected chi connectivity index (χ2v) is 2.57.